The zero-order valence-corrected chi connectivity index (χ0v) is 17.3. The zero-order chi connectivity index (χ0) is 22.2. The number of likely N-dealkylation sites (N-methyl/N-ethyl adjacent to an activating group) is 1. The normalized spacial score (nSPS) is 15.4. The second-order valence-electron chi connectivity index (χ2n) is 7.22. The van der Waals surface area contributed by atoms with Crippen molar-refractivity contribution >= 4 is 29.3 Å². The molecule has 2 heterocycles. The van der Waals surface area contributed by atoms with E-state index in [1.807, 2.05) is 0 Å². The van der Waals surface area contributed by atoms with Crippen LogP contribution in [-0.2, 0) is 20.9 Å². The van der Waals surface area contributed by atoms with Gasteiger partial charge in [0.25, 0.3) is 5.91 Å². The predicted molar refractivity (Wildman–Crippen MR) is 113 cm³/mol. The van der Waals surface area contributed by atoms with Gasteiger partial charge in [0.15, 0.2) is 0 Å². The lowest BCUT2D eigenvalue weighted by atomic mass is 10.2. The molecular formula is C21H26N6O4. The van der Waals surface area contributed by atoms with Crippen molar-refractivity contribution < 1.29 is 19.2 Å². The first-order valence-corrected chi connectivity index (χ1v) is 10.1. The summed E-state index contributed by atoms with van der Waals surface area (Å²) in [5.74, 6) is -1.12. The maximum Gasteiger partial charge on any atom is 0.251 e. The van der Waals surface area contributed by atoms with Gasteiger partial charge in [0.2, 0.25) is 17.7 Å². The van der Waals surface area contributed by atoms with Crippen LogP contribution in [0.25, 0.3) is 0 Å². The molecule has 1 atom stereocenters. The number of carbonyl (C=O) groups excluding carboxylic acids is 4. The third kappa shape index (κ3) is 5.91. The summed E-state index contributed by atoms with van der Waals surface area (Å²) < 4.78 is 1.80. The molecule has 3 rings (SSSR count). The van der Waals surface area contributed by atoms with Crippen LogP contribution in [0.2, 0.25) is 0 Å². The molecule has 1 fully saturated rings. The molecule has 2 aromatic rings. The number of hydrogen-bond acceptors (Lipinski definition) is 5. The fourth-order valence-electron chi connectivity index (χ4n) is 3.48. The number of anilines is 1. The molecule has 1 aliphatic rings. The van der Waals surface area contributed by atoms with E-state index >= 15 is 0 Å². The standard InChI is InChI=1S/C21H26N6O4/c1-22-21(31)17-6-3-9-27(17)19(29)13-24-20(30)15-4-2-5-16(12-15)25-18(28)7-10-26-11-8-23-14-26/h2,4-5,8,11-12,14,17H,3,6-7,9-10,13H2,1H3,(H,22,31)(H,24,30)(H,25,28). The third-order valence-electron chi connectivity index (χ3n) is 5.09. The molecule has 1 aliphatic heterocycles. The van der Waals surface area contributed by atoms with Crippen LogP contribution in [0.15, 0.2) is 43.0 Å². The predicted octanol–water partition coefficient (Wildman–Crippen LogP) is 0.379. The van der Waals surface area contributed by atoms with Crippen molar-refractivity contribution in [3.63, 3.8) is 0 Å². The van der Waals surface area contributed by atoms with Crippen LogP contribution in [0.5, 0.6) is 0 Å². The number of imidazole rings is 1. The van der Waals surface area contributed by atoms with Crippen LogP contribution in [0.4, 0.5) is 5.69 Å². The van der Waals surface area contributed by atoms with Gasteiger partial charge in [-0.1, -0.05) is 6.07 Å². The number of amides is 4. The number of hydrogen-bond donors (Lipinski definition) is 3. The Morgan fingerprint density at radius 1 is 1.23 bits per heavy atom. The van der Waals surface area contributed by atoms with Gasteiger partial charge in [0.1, 0.15) is 6.04 Å². The average molecular weight is 426 g/mol. The highest BCUT2D eigenvalue weighted by atomic mass is 16.2. The highest BCUT2D eigenvalue weighted by molar-refractivity contribution is 5.99. The Labute approximate surface area is 180 Å². The van der Waals surface area contributed by atoms with Crippen LogP contribution in [0, 0.1) is 0 Å². The van der Waals surface area contributed by atoms with Gasteiger partial charge in [-0.25, -0.2) is 4.98 Å². The number of aryl methyl sites for hydroxylation is 1. The fourth-order valence-corrected chi connectivity index (χ4v) is 3.48. The zero-order valence-electron chi connectivity index (χ0n) is 17.3. The quantitative estimate of drug-likeness (QED) is 0.563. The van der Waals surface area contributed by atoms with Gasteiger partial charge >= 0.3 is 0 Å². The van der Waals surface area contributed by atoms with Crippen molar-refractivity contribution in [2.24, 2.45) is 0 Å². The van der Waals surface area contributed by atoms with E-state index in [1.54, 1.807) is 47.6 Å². The number of aromatic nitrogens is 2. The molecule has 164 valence electrons. The second kappa shape index (κ2) is 10.4. The number of benzene rings is 1. The van der Waals surface area contributed by atoms with Gasteiger partial charge in [-0.15, -0.1) is 0 Å². The molecule has 1 unspecified atom stereocenters. The van der Waals surface area contributed by atoms with Crippen molar-refractivity contribution in [3.05, 3.63) is 48.5 Å². The third-order valence-corrected chi connectivity index (χ3v) is 5.09. The van der Waals surface area contributed by atoms with E-state index in [0.29, 0.717) is 30.8 Å². The van der Waals surface area contributed by atoms with Crippen LogP contribution in [0.3, 0.4) is 0 Å². The van der Waals surface area contributed by atoms with E-state index in [-0.39, 0.29) is 30.7 Å². The Bertz CT molecular complexity index is 943. The van der Waals surface area contributed by atoms with Crippen molar-refractivity contribution in [2.45, 2.75) is 31.8 Å². The molecule has 4 amide bonds. The molecule has 0 radical (unpaired) electrons. The van der Waals surface area contributed by atoms with Gasteiger partial charge in [-0.05, 0) is 31.0 Å². The number of likely N-dealkylation sites (tertiary alicyclic amines) is 1. The van der Waals surface area contributed by atoms with Crippen LogP contribution in [0.1, 0.15) is 29.6 Å². The lowest BCUT2D eigenvalue weighted by Crippen LogP contribution is -2.48. The molecule has 0 bridgehead atoms. The van der Waals surface area contributed by atoms with E-state index < -0.39 is 11.9 Å². The molecule has 10 heteroatoms. The topological polar surface area (TPSA) is 125 Å². The van der Waals surface area contributed by atoms with E-state index in [2.05, 4.69) is 20.9 Å². The van der Waals surface area contributed by atoms with Gasteiger partial charge in [-0.3, -0.25) is 19.2 Å². The van der Waals surface area contributed by atoms with Crippen LogP contribution < -0.4 is 16.0 Å². The summed E-state index contributed by atoms with van der Waals surface area (Å²) in [4.78, 5) is 54.4. The molecule has 1 aromatic carbocycles. The lowest BCUT2D eigenvalue weighted by molar-refractivity contribution is -0.137. The first-order chi connectivity index (χ1) is 15.0. The highest BCUT2D eigenvalue weighted by Crippen LogP contribution is 2.17. The minimum Gasteiger partial charge on any atom is -0.357 e. The minimum absolute atomic E-state index is 0.185. The van der Waals surface area contributed by atoms with Crippen molar-refractivity contribution in [2.75, 3.05) is 25.5 Å². The van der Waals surface area contributed by atoms with E-state index in [9.17, 15) is 19.2 Å². The monoisotopic (exact) mass is 426 g/mol. The number of carbonyl (C=O) groups is 4. The van der Waals surface area contributed by atoms with E-state index in [0.717, 1.165) is 6.42 Å². The van der Waals surface area contributed by atoms with Gasteiger partial charge < -0.3 is 25.4 Å². The Balaban J connectivity index is 1.50. The molecule has 0 saturated carbocycles. The summed E-state index contributed by atoms with van der Waals surface area (Å²) in [7, 11) is 1.54. The summed E-state index contributed by atoms with van der Waals surface area (Å²) >= 11 is 0. The van der Waals surface area contributed by atoms with Gasteiger partial charge in [0, 0.05) is 50.2 Å². The van der Waals surface area contributed by atoms with Crippen molar-refractivity contribution in [3.8, 4) is 0 Å². The lowest BCUT2D eigenvalue weighted by Gasteiger charge is -2.23. The van der Waals surface area contributed by atoms with Crippen molar-refractivity contribution in [1.82, 2.24) is 25.1 Å². The summed E-state index contributed by atoms with van der Waals surface area (Å²) in [6.07, 6.45) is 6.69. The first-order valence-electron chi connectivity index (χ1n) is 10.1. The average Bonchev–Trinajstić information content (AvgIpc) is 3.47. The molecule has 1 aromatic heterocycles. The maximum absolute atomic E-state index is 12.5. The number of nitrogens with zero attached hydrogens (tertiary/aromatic N) is 3. The van der Waals surface area contributed by atoms with Crippen LogP contribution in [-0.4, -0.2) is 64.3 Å². The maximum atomic E-state index is 12.5. The summed E-state index contributed by atoms with van der Waals surface area (Å²) in [5, 5.41) is 7.92. The van der Waals surface area contributed by atoms with Crippen molar-refractivity contribution in [1.29, 1.82) is 0 Å². The molecule has 0 spiro atoms. The summed E-state index contributed by atoms with van der Waals surface area (Å²) in [6, 6.07) is 6.01. The summed E-state index contributed by atoms with van der Waals surface area (Å²) in [5.41, 5.74) is 0.818. The Hall–Kier alpha value is -3.69. The molecule has 10 nitrogen and oxygen atoms in total. The number of rotatable bonds is 8. The molecule has 31 heavy (non-hydrogen) atoms. The van der Waals surface area contributed by atoms with E-state index in [1.165, 1.54) is 11.9 Å². The number of nitrogens with one attached hydrogen (secondary N) is 3. The Morgan fingerprint density at radius 3 is 2.81 bits per heavy atom. The summed E-state index contributed by atoms with van der Waals surface area (Å²) in [6.45, 7) is 0.795. The molecular weight excluding hydrogens is 400 g/mol. The van der Waals surface area contributed by atoms with E-state index in [4.69, 9.17) is 0 Å². The smallest absolute Gasteiger partial charge is 0.251 e. The Kier molecular flexibility index (Phi) is 7.36. The fraction of sp³-hybridized carbons (Fsp3) is 0.381. The highest BCUT2D eigenvalue weighted by Gasteiger charge is 2.33. The Morgan fingerprint density at radius 2 is 2.06 bits per heavy atom. The minimum atomic E-state index is -0.490. The molecule has 0 aliphatic carbocycles. The largest absolute Gasteiger partial charge is 0.357 e. The van der Waals surface area contributed by atoms with Crippen LogP contribution >= 0.6 is 0 Å². The second-order valence-corrected chi connectivity index (χ2v) is 7.22. The first kappa shape index (κ1) is 22.0. The van der Waals surface area contributed by atoms with Gasteiger partial charge in [0.05, 0.1) is 12.9 Å². The molecule has 1 saturated heterocycles. The van der Waals surface area contributed by atoms with Gasteiger partial charge in [-0.2, -0.15) is 0 Å². The SMILES string of the molecule is CNC(=O)C1CCCN1C(=O)CNC(=O)c1cccc(NC(=O)CCn2ccnc2)c1. The molecule has 3 N–H and O–H groups in total.